The molecule has 38 heavy (non-hydrogen) atoms. The highest BCUT2D eigenvalue weighted by atomic mass is 32.2. The molecule has 2 aliphatic rings. The summed E-state index contributed by atoms with van der Waals surface area (Å²) in [4.78, 5) is 12.3. The molecule has 0 radical (unpaired) electrons. The van der Waals surface area contributed by atoms with Crippen molar-refractivity contribution in [3.8, 4) is 5.75 Å². The molecule has 0 amide bonds. The molecule has 1 aliphatic carbocycles. The van der Waals surface area contributed by atoms with E-state index >= 15 is 0 Å². The van der Waals surface area contributed by atoms with Crippen molar-refractivity contribution in [3.05, 3.63) is 53.6 Å². The van der Waals surface area contributed by atoms with E-state index in [9.17, 15) is 4.79 Å². The summed E-state index contributed by atoms with van der Waals surface area (Å²) in [5, 5.41) is 0. The summed E-state index contributed by atoms with van der Waals surface area (Å²) in [7, 11) is 1.68. The number of hydrogen-bond acceptors (Lipinski definition) is 6. The average molecular weight is 561 g/mol. The van der Waals surface area contributed by atoms with Crippen LogP contribution in [0.25, 0.3) is 0 Å². The van der Waals surface area contributed by atoms with E-state index in [0.29, 0.717) is 24.9 Å². The largest absolute Gasteiger partial charge is 0.497 e. The van der Waals surface area contributed by atoms with Crippen molar-refractivity contribution in [2.75, 3.05) is 18.6 Å². The molecule has 1 spiro atoms. The number of ether oxygens (including phenoxy) is 3. The highest BCUT2D eigenvalue weighted by Gasteiger charge is 2.39. The molecule has 1 fully saturated rings. The number of thioether (sulfide) groups is 2. The predicted molar refractivity (Wildman–Crippen MR) is 163 cm³/mol. The Kier molecular flexibility index (Phi) is 12.2. The van der Waals surface area contributed by atoms with Crippen LogP contribution in [0.3, 0.4) is 0 Å². The fourth-order valence-corrected chi connectivity index (χ4v) is 8.56. The maximum atomic E-state index is 12.3. The van der Waals surface area contributed by atoms with Crippen LogP contribution in [0.15, 0.2) is 48.1 Å². The molecule has 0 saturated carbocycles. The molecule has 1 aromatic rings. The maximum Gasteiger partial charge on any atom is 0.302 e. The van der Waals surface area contributed by atoms with E-state index < -0.39 is 5.60 Å². The van der Waals surface area contributed by atoms with Gasteiger partial charge in [-0.15, -0.1) is 23.5 Å². The first-order valence-corrected chi connectivity index (χ1v) is 16.2. The number of carbonyl (C=O) groups excluding carboxylic acids is 1. The second kappa shape index (κ2) is 14.9. The van der Waals surface area contributed by atoms with Crippen molar-refractivity contribution in [1.29, 1.82) is 0 Å². The third kappa shape index (κ3) is 9.98. The minimum Gasteiger partial charge on any atom is -0.497 e. The predicted octanol–water partition coefficient (Wildman–Crippen LogP) is 8.60. The van der Waals surface area contributed by atoms with E-state index in [1.165, 1.54) is 25.3 Å². The number of rotatable bonds is 6. The molecule has 0 unspecified atom stereocenters. The van der Waals surface area contributed by atoms with Gasteiger partial charge >= 0.3 is 5.97 Å². The second-order valence-electron chi connectivity index (χ2n) is 11.5. The van der Waals surface area contributed by atoms with E-state index in [1.54, 1.807) is 7.11 Å². The molecule has 3 atom stereocenters. The lowest BCUT2D eigenvalue weighted by molar-refractivity contribution is -0.152. The molecule has 1 aromatic carbocycles. The van der Waals surface area contributed by atoms with Crippen molar-refractivity contribution in [2.45, 2.75) is 102 Å². The normalized spacial score (nSPS) is 29.2. The topological polar surface area (TPSA) is 44.8 Å². The SMILES string of the molecule is COc1ccc(CO[C@]2(C)CC/C=C(/C)CC[C@@H](C(C)C)/C=C/C3(C[C@@H](OC(C)=O)C2)SCCCS3)cc1. The van der Waals surface area contributed by atoms with E-state index in [4.69, 9.17) is 14.2 Å². The number of methoxy groups -OCH3 is 1. The summed E-state index contributed by atoms with van der Waals surface area (Å²) < 4.78 is 17.9. The lowest BCUT2D eigenvalue weighted by Gasteiger charge is -2.39. The third-order valence-electron chi connectivity index (χ3n) is 7.72. The molecular formula is C32H48O4S2. The number of benzene rings is 1. The molecule has 6 heteroatoms. The van der Waals surface area contributed by atoms with Gasteiger partial charge in [-0.05, 0) is 87.0 Å². The number of carbonyl (C=O) groups is 1. The molecule has 1 aliphatic heterocycles. The van der Waals surface area contributed by atoms with Crippen LogP contribution in [0.2, 0.25) is 0 Å². The van der Waals surface area contributed by atoms with E-state index in [-0.39, 0.29) is 16.2 Å². The van der Waals surface area contributed by atoms with Gasteiger partial charge in [0.1, 0.15) is 11.9 Å². The van der Waals surface area contributed by atoms with Gasteiger partial charge in [0.2, 0.25) is 0 Å². The van der Waals surface area contributed by atoms with Crippen LogP contribution in [0.5, 0.6) is 5.75 Å². The molecule has 212 valence electrons. The lowest BCUT2D eigenvalue weighted by Crippen LogP contribution is -2.39. The summed E-state index contributed by atoms with van der Waals surface area (Å²) in [5.74, 6) is 4.06. The first-order chi connectivity index (χ1) is 18.1. The van der Waals surface area contributed by atoms with Gasteiger partial charge in [0.25, 0.3) is 0 Å². The molecule has 0 N–H and O–H groups in total. The van der Waals surface area contributed by atoms with Gasteiger partial charge < -0.3 is 14.2 Å². The first-order valence-electron chi connectivity index (χ1n) is 14.2. The zero-order valence-corrected chi connectivity index (χ0v) is 25.9. The summed E-state index contributed by atoms with van der Waals surface area (Å²) in [5.41, 5.74) is 2.14. The molecule has 0 aromatic heterocycles. The fraction of sp³-hybridized carbons (Fsp3) is 0.656. The minimum atomic E-state index is -0.420. The van der Waals surface area contributed by atoms with Crippen molar-refractivity contribution < 1.29 is 19.0 Å². The van der Waals surface area contributed by atoms with Crippen LogP contribution in [0.4, 0.5) is 0 Å². The van der Waals surface area contributed by atoms with Crippen molar-refractivity contribution in [2.24, 2.45) is 11.8 Å². The highest BCUT2D eigenvalue weighted by molar-refractivity contribution is 8.19. The fourth-order valence-electron chi connectivity index (χ4n) is 5.32. The summed E-state index contributed by atoms with van der Waals surface area (Å²) in [6.07, 6.45) is 14.0. The minimum absolute atomic E-state index is 0.0720. The summed E-state index contributed by atoms with van der Waals surface area (Å²) in [6.45, 7) is 11.2. The first kappa shape index (κ1) is 31.2. The van der Waals surface area contributed by atoms with Crippen LogP contribution in [-0.2, 0) is 20.9 Å². The van der Waals surface area contributed by atoms with E-state index in [2.05, 4.69) is 58.1 Å². The highest BCUT2D eigenvalue weighted by Crippen LogP contribution is 2.48. The number of allylic oxidation sites excluding steroid dienone is 3. The Bertz CT molecular complexity index is 933. The van der Waals surface area contributed by atoms with Crippen LogP contribution in [0.1, 0.15) is 85.1 Å². The van der Waals surface area contributed by atoms with Crippen molar-refractivity contribution in [1.82, 2.24) is 0 Å². The summed E-state index contributed by atoms with van der Waals surface area (Å²) >= 11 is 4.05. The van der Waals surface area contributed by atoms with Crippen molar-refractivity contribution in [3.63, 3.8) is 0 Å². The lowest BCUT2D eigenvalue weighted by atomic mass is 9.87. The Morgan fingerprint density at radius 3 is 2.47 bits per heavy atom. The molecule has 1 heterocycles. The molecule has 4 nitrogen and oxygen atoms in total. The Balaban J connectivity index is 1.90. The van der Waals surface area contributed by atoms with Crippen LogP contribution in [0, 0.1) is 11.8 Å². The molecule has 1 saturated heterocycles. The number of esters is 1. The standard InChI is InChI=1S/C32H48O4S2/c1-24(2)28-13-10-25(3)9-7-17-31(5,35-23-27-11-14-29(34-6)15-12-27)21-30(36-26(4)33)22-32(18-16-28)37-19-8-20-38-32/h9,11-12,14-16,18,24,28,30H,7-8,10,13,17,19-23H2,1-6H3/b18-16+,25-9-/t28-,30+,31-/m1/s1. The van der Waals surface area contributed by atoms with Gasteiger partial charge in [0, 0.05) is 19.8 Å². The van der Waals surface area contributed by atoms with E-state index in [0.717, 1.165) is 48.5 Å². The Labute approximate surface area is 239 Å². The van der Waals surface area contributed by atoms with Gasteiger partial charge in [-0.2, -0.15) is 0 Å². The van der Waals surface area contributed by atoms with Crippen molar-refractivity contribution >= 4 is 29.5 Å². The number of hydrogen-bond donors (Lipinski definition) is 0. The Morgan fingerprint density at radius 2 is 1.84 bits per heavy atom. The van der Waals surface area contributed by atoms with Crippen LogP contribution < -0.4 is 4.74 Å². The summed E-state index contributed by atoms with van der Waals surface area (Å²) in [6, 6.07) is 8.05. The van der Waals surface area contributed by atoms with Crippen LogP contribution in [-0.4, -0.2) is 40.4 Å². The van der Waals surface area contributed by atoms with Gasteiger partial charge in [-0.3, -0.25) is 4.79 Å². The zero-order valence-electron chi connectivity index (χ0n) is 24.3. The quantitative estimate of drug-likeness (QED) is 0.256. The molecular weight excluding hydrogens is 512 g/mol. The van der Waals surface area contributed by atoms with Crippen LogP contribution >= 0.6 is 23.5 Å². The smallest absolute Gasteiger partial charge is 0.302 e. The monoisotopic (exact) mass is 560 g/mol. The average Bonchev–Trinajstić information content (AvgIpc) is 2.87. The van der Waals surface area contributed by atoms with Gasteiger partial charge in [-0.1, -0.05) is 49.8 Å². The third-order valence-corrected chi connectivity index (χ3v) is 11.0. The maximum absolute atomic E-state index is 12.3. The molecule has 3 rings (SSSR count). The second-order valence-corrected chi connectivity index (χ2v) is 14.6. The van der Waals surface area contributed by atoms with Gasteiger partial charge in [-0.25, -0.2) is 0 Å². The van der Waals surface area contributed by atoms with E-state index in [1.807, 2.05) is 35.7 Å². The van der Waals surface area contributed by atoms with Gasteiger partial charge in [0.15, 0.2) is 0 Å². The molecule has 0 bridgehead atoms. The van der Waals surface area contributed by atoms with Gasteiger partial charge in [0.05, 0.1) is 23.4 Å². The Morgan fingerprint density at radius 1 is 1.13 bits per heavy atom. The zero-order chi connectivity index (χ0) is 27.6. The Hall–Kier alpha value is -1.37.